The smallest absolute Gasteiger partial charge is 0.330 e. The molecular weight excluding hydrogens is 422 g/mol. The van der Waals surface area contributed by atoms with Crippen LogP contribution in [0.3, 0.4) is 0 Å². The molecule has 1 aromatic heterocycles. The molecule has 4 unspecified atom stereocenters. The summed E-state index contributed by atoms with van der Waals surface area (Å²) in [6.07, 6.45) is 5.03. The van der Waals surface area contributed by atoms with Gasteiger partial charge >= 0.3 is 5.97 Å². The zero-order chi connectivity index (χ0) is 21.3. The third kappa shape index (κ3) is 4.93. The van der Waals surface area contributed by atoms with E-state index in [9.17, 15) is 14.7 Å². The van der Waals surface area contributed by atoms with Gasteiger partial charge in [-0.15, -0.1) is 11.3 Å². The number of thiophene rings is 1. The van der Waals surface area contributed by atoms with Gasteiger partial charge in [-0.3, -0.25) is 4.79 Å². The molecule has 0 aromatic carbocycles. The van der Waals surface area contributed by atoms with Crippen LogP contribution < -0.4 is 5.32 Å². The summed E-state index contributed by atoms with van der Waals surface area (Å²) < 4.78 is 11.9. The van der Waals surface area contributed by atoms with Crippen LogP contribution in [0.15, 0.2) is 23.1 Å². The van der Waals surface area contributed by atoms with Gasteiger partial charge < -0.3 is 19.9 Å². The largest absolute Gasteiger partial charge is 0.459 e. The highest BCUT2D eigenvalue weighted by Gasteiger charge is 2.49. The van der Waals surface area contributed by atoms with Crippen molar-refractivity contribution in [2.45, 2.75) is 82.3 Å². The highest BCUT2D eigenvalue weighted by molar-refractivity contribution is 8.14. The first-order chi connectivity index (χ1) is 14.3. The van der Waals surface area contributed by atoms with E-state index < -0.39 is 17.9 Å². The molecule has 1 aromatic rings. The van der Waals surface area contributed by atoms with E-state index >= 15 is 0 Å². The number of ether oxygens (including phenoxy) is 2. The SMILES string of the molecule is C/C1=C/C(=O)OC2C[C@@H](CCC(C)c3sccc3CC1)OC(O)(C1CSC(=O)N1)C2. The van der Waals surface area contributed by atoms with Gasteiger partial charge in [-0.1, -0.05) is 24.3 Å². The van der Waals surface area contributed by atoms with Crippen LogP contribution in [0.25, 0.3) is 0 Å². The van der Waals surface area contributed by atoms with Crippen molar-refractivity contribution in [1.29, 1.82) is 0 Å². The van der Waals surface area contributed by atoms with Crippen LogP contribution >= 0.6 is 23.1 Å². The van der Waals surface area contributed by atoms with E-state index in [0.29, 0.717) is 18.1 Å². The van der Waals surface area contributed by atoms with E-state index in [1.807, 2.05) is 6.92 Å². The van der Waals surface area contributed by atoms with Crippen LogP contribution in [0.4, 0.5) is 4.79 Å². The minimum atomic E-state index is -1.53. The van der Waals surface area contributed by atoms with Gasteiger partial charge in [-0.25, -0.2) is 4.79 Å². The lowest BCUT2D eigenvalue weighted by Gasteiger charge is -2.43. The number of rotatable bonds is 1. The Morgan fingerprint density at radius 3 is 2.83 bits per heavy atom. The summed E-state index contributed by atoms with van der Waals surface area (Å²) in [5.74, 6) is -1.06. The average molecular weight is 452 g/mol. The van der Waals surface area contributed by atoms with Gasteiger partial charge in [0.25, 0.3) is 5.24 Å². The number of hydrogen-bond donors (Lipinski definition) is 2. The van der Waals surface area contributed by atoms with Crippen molar-refractivity contribution in [3.63, 3.8) is 0 Å². The maximum atomic E-state index is 12.5. The predicted molar refractivity (Wildman–Crippen MR) is 118 cm³/mol. The molecule has 0 aliphatic carbocycles. The summed E-state index contributed by atoms with van der Waals surface area (Å²) in [5.41, 5.74) is 2.33. The molecule has 3 aliphatic rings. The third-order valence-corrected chi connectivity index (χ3v) is 8.29. The van der Waals surface area contributed by atoms with Crippen LogP contribution in [0.2, 0.25) is 0 Å². The molecule has 2 N–H and O–H groups in total. The molecule has 4 heterocycles. The Kier molecular flexibility index (Phi) is 6.58. The average Bonchev–Trinajstić information content (AvgIpc) is 3.32. The van der Waals surface area contributed by atoms with E-state index in [0.717, 1.165) is 43.0 Å². The number of hydrogen-bond acceptors (Lipinski definition) is 7. The number of allylic oxidation sites excluding steroid dienone is 1. The second-order valence-electron chi connectivity index (χ2n) is 8.66. The molecule has 3 aliphatic heterocycles. The first-order valence-electron chi connectivity index (χ1n) is 10.6. The van der Waals surface area contributed by atoms with Crippen LogP contribution in [0, 0.1) is 0 Å². The van der Waals surface area contributed by atoms with E-state index in [4.69, 9.17) is 9.47 Å². The van der Waals surface area contributed by atoms with E-state index in [1.165, 1.54) is 10.4 Å². The number of thioether (sulfide) groups is 1. The molecular formula is C22H29NO5S2. The van der Waals surface area contributed by atoms with Gasteiger partial charge in [-0.05, 0) is 55.5 Å². The number of aliphatic hydroxyl groups is 1. The topological polar surface area (TPSA) is 84.9 Å². The Bertz CT molecular complexity index is 837. The summed E-state index contributed by atoms with van der Waals surface area (Å²) in [4.78, 5) is 25.6. The van der Waals surface area contributed by atoms with Crippen molar-refractivity contribution in [3.8, 4) is 0 Å². The molecule has 0 radical (unpaired) electrons. The number of amides is 1. The van der Waals surface area contributed by atoms with Crippen molar-refractivity contribution in [2.75, 3.05) is 5.75 Å². The highest BCUT2D eigenvalue weighted by atomic mass is 32.2. The van der Waals surface area contributed by atoms with E-state index in [1.54, 1.807) is 17.4 Å². The lowest BCUT2D eigenvalue weighted by Crippen LogP contribution is -2.58. The third-order valence-electron chi connectivity index (χ3n) is 6.22. The van der Waals surface area contributed by atoms with Crippen molar-refractivity contribution in [3.05, 3.63) is 33.5 Å². The maximum absolute atomic E-state index is 12.5. The summed E-state index contributed by atoms with van der Waals surface area (Å²) in [6, 6.07) is 1.68. The van der Waals surface area contributed by atoms with Gasteiger partial charge in [0.05, 0.1) is 12.1 Å². The van der Waals surface area contributed by atoms with Crippen LogP contribution in [-0.2, 0) is 20.7 Å². The monoisotopic (exact) mass is 451 g/mol. The van der Waals surface area contributed by atoms with Gasteiger partial charge in [0.15, 0.2) is 5.79 Å². The Labute approximate surface area is 185 Å². The van der Waals surface area contributed by atoms with Crippen molar-refractivity contribution in [1.82, 2.24) is 5.32 Å². The number of carbonyl (C=O) groups excluding carboxylic acids is 2. The molecule has 164 valence electrons. The molecule has 30 heavy (non-hydrogen) atoms. The van der Waals surface area contributed by atoms with Crippen LogP contribution in [0.1, 0.15) is 62.3 Å². The Balaban J connectivity index is 1.58. The van der Waals surface area contributed by atoms with Gasteiger partial charge in [0.2, 0.25) is 0 Å². The van der Waals surface area contributed by atoms with E-state index in [2.05, 4.69) is 23.7 Å². The van der Waals surface area contributed by atoms with Gasteiger partial charge in [0, 0.05) is 29.5 Å². The molecule has 6 nitrogen and oxygen atoms in total. The Morgan fingerprint density at radius 2 is 2.07 bits per heavy atom. The molecule has 2 bridgehead atoms. The number of carbonyl (C=O) groups is 2. The summed E-state index contributed by atoms with van der Waals surface area (Å²) >= 11 is 2.93. The van der Waals surface area contributed by atoms with Crippen LogP contribution in [0.5, 0.6) is 0 Å². The molecule has 4 rings (SSSR count). The fraction of sp³-hybridized carbons (Fsp3) is 0.636. The molecule has 5 atom stereocenters. The first kappa shape index (κ1) is 21.9. The number of aryl methyl sites for hydroxylation is 1. The molecule has 8 heteroatoms. The number of esters is 1. The molecule has 1 amide bonds. The second kappa shape index (κ2) is 9.02. The number of fused-ring (bicyclic) bond motifs is 3. The van der Waals surface area contributed by atoms with Crippen molar-refractivity contribution >= 4 is 34.3 Å². The summed E-state index contributed by atoms with van der Waals surface area (Å²) in [6.45, 7) is 4.20. The zero-order valence-electron chi connectivity index (χ0n) is 17.4. The lowest BCUT2D eigenvalue weighted by molar-refractivity contribution is -0.283. The standard InChI is InChI=1S/C22H29NO5S2/c1-13-3-5-15-7-8-29-20(15)14(2)4-6-16-10-17(27-19(24)9-13)11-22(26,28-16)18-12-30-21(25)23-18/h7-9,14,16-18,26H,3-6,10-12H2,1-2H3,(H,23,25)/b13-9-/t14?,16-,17?,18?,22?/m1/s1. The predicted octanol–water partition coefficient (Wildman–Crippen LogP) is 4.13. The van der Waals surface area contributed by atoms with Crippen molar-refractivity contribution in [2.24, 2.45) is 0 Å². The molecule has 0 spiro atoms. The molecule has 2 saturated heterocycles. The van der Waals surface area contributed by atoms with Crippen LogP contribution in [-0.4, -0.2) is 46.1 Å². The highest BCUT2D eigenvalue weighted by Crippen LogP contribution is 2.38. The zero-order valence-corrected chi connectivity index (χ0v) is 19.0. The summed E-state index contributed by atoms with van der Waals surface area (Å²) in [7, 11) is 0. The van der Waals surface area contributed by atoms with Gasteiger partial charge in [-0.2, -0.15) is 0 Å². The minimum absolute atomic E-state index is 0.160. The Morgan fingerprint density at radius 1 is 1.23 bits per heavy atom. The second-order valence-corrected chi connectivity index (χ2v) is 10.6. The van der Waals surface area contributed by atoms with Gasteiger partial charge in [0.1, 0.15) is 6.10 Å². The quantitative estimate of drug-likeness (QED) is 0.625. The summed E-state index contributed by atoms with van der Waals surface area (Å²) in [5, 5.41) is 16.0. The fourth-order valence-corrected chi connectivity index (χ4v) is 6.50. The first-order valence-corrected chi connectivity index (χ1v) is 12.5. The molecule has 0 saturated carbocycles. The maximum Gasteiger partial charge on any atom is 0.330 e. The normalized spacial score (nSPS) is 37.4. The number of nitrogens with one attached hydrogen (secondary N) is 1. The molecule has 2 fully saturated rings. The van der Waals surface area contributed by atoms with Crippen molar-refractivity contribution < 1.29 is 24.2 Å². The van der Waals surface area contributed by atoms with E-state index in [-0.39, 0.29) is 23.7 Å². The lowest BCUT2D eigenvalue weighted by atomic mass is 9.89. The fourth-order valence-electron chi connectivity index (χ4n) is 4.56. The Hall–Kier alpha value is -1.35. The minimum Gasteiger partial charge on any atom is -0.459 e.